The highest BCUT2D eigenvalue weighted by molar-refractivity contribution is 8.00. The summed E-state index contributed by atoms with van der Waals surface area (Å²) in [4.78, 5) is 56.3. The number of carbonyl (C=O) groups is 4. The highest BCUT2D eigenvalue weighted by atomic mass is 32.2. The molecule has 5 aromatic rings. The highest BCUT2D eigenvalue weighted by Crippen LogP contribution is 2.38. The maximum atomic E-state index is 13.8. The molecule has 0 saturated carbocycles. The minimum Gasteiger partial charge on any atom is -0.444 e. The number of nitriles is 1. The van der Waals surface area contributed by atoms with Crippen molar-refractivity contribution in [3.8, 4) is 6.07 Å². The second kappa shape index (κ2) is 16.4. The third-order valence-electron chi connectivity index (χ3n) is 8.48. The van der Waals surface area contributed by atoms with Gasteiger partial charge in [-0.05, 0) is 92.4 Å². The van der Waals surface area contributed by atoms with Gasteiger partial charge in [-0.2, -0.15) is 5.26 Å². The molecule has 1 unspecified atom stereocenters. The van der Waals surface area contributed by atoms with Crippen LogP contribution in [0.4, 0.5) is 15.5 Å². The lowest BCUT2D eigenvalue weighted by Crippen LogP contribution is -2.39. The Bertz CT molecular complexity index is 2300. The van der Waals surface area contributed by atoms with E-state index >= 15 is 0 Å². The van der Waals surface area contributed by atoms with Crippen LogP contribution in [0.15, 0.2) is 108 Å². The Morgan fingerprint density at radius 2 is 1.67 bits per heavy atom. The van der Waals surface area contributed by atoms with Gasteiger partial charge in [0, 0.05) is 27.6 Å². The van der Waals surface area contributed by atoms with Gasteiger partial charge in [-0.3, -0.25) is 14.4 Å². The Kier molecular flexibility index (Phi) is 11.5. The molecule has 0 bridgehead atoms. The minimum atomic E-state index is -0.624. The molecule has 10 nitrogen and oxygen atoms in total. The molecule has 0 radical (unpaired) electrons. The van der Waals surface area contributed by atoms with Crippen LogP contribution in [-0.4, -0.2) is 46.1 Å². The molecule has 4 aromatic carbocycles. The first kappa shape index (κ1) is 37.8. The summed E-state index contributed by atoms with van der Waals surface area (Å²) >= 11 is 2.59. The van der Waals surface area contributed by atoms with Crippen LogP contribution in [0, 0.1) is 11.3 Å². The summed E-state index contributed by atoms with van der Waals surface area (Å²) in [5, 5.41) is 20.4. The normalized spacial score (nSPS) is 13.3. The number of carbonyl (C=O) groups excluding carboxylic acids is 4. The minimum absolute atomic E-state index is 0.0622. The van der Waals surface area contributed by atoms with Crippen molar-refractivity contribution < 1.29 is 23.9 Å². The number of nitrogens with zero attached hydrogens (tertiary/aromatic N) is 2. The fraction of sp³-hybridized carbons (Fsp3) is 0.214. The number of amides is 4. The largest absolute Gasteiger partial charge is 0.444 e. The van der Waals surface area contributed by atoms with Gasteiger partial charge in [-0.15, -0.1) is 23.1 Å². The molecular formula is C42H39N5O5S2. The number of ether oxygens (including phenoxy) is 1. The maximum Gasteiger partial charge on any atom is 0.410 e. The van der Waals surface area contributed by atoms with Crippen LogP contribution >= 0.6 is 23.1 Å². The van der Waals surface area contributed by atoms with Gasteiger partial charge in [0.1, 0.15) is 22.4 Å². The second-order valence-corrected chi connectivity index (χ2v) is 16.2. The highest BCUT2D eigenvalue weighted by Gasteiger charge is 2.30. The van der Waals surface area contributed by atoms with E-state index in [0.29, 0.717) is 41.3 Å². The molecule has 1 aliphatic rings. The molecule has 0 spiro atoms. The number of nitrogens with one attached hydrogen (secondary N) is 3. The smallest absolute Gasteiger partial charge is 0.410 e. The van der Waals surface area contributed by atoms with E-state index in [0.717, 1.165) is 31.7 Å². The molecule has 4 amide bonds. The van der Waals surface area contributed by atoms with E-state index in [2.05, 4.69) is 22.0 Å². The predicted molar refractivity (Wildman–Crippen MR) is 214 cm³/mol. The van der Waals surface area contributed by atoms with Crippen LogP contribution in [0.25, 0.3) is 16.8 Å². The molecule has 0 aliphatic carbocycles. The Balaban J connectivity index is 1.15. The number of benzene rings is 4. The summed E-state index contributed by atoms with van der Waals surface area (Å²) in [6.45, 7) is 7.93. The van der Waals surface area contributed by atoms with Crippen molar-refractivity contribution in [1.29, 1.82) is 5.26 Å². The van der Waals surface area contributed by atoms with E-state index in [1.54, 1.807) is 60.4 Å². The third-order valence-corrected chi connectivity index (χ3v) is 10.7. The number of hydrogen-bond acceptors (Lipinski definition) is 8. The number of rotatable bonds is 9. The molecule has 6 rings (SSSR count). The maximum absolute atomic E-state index is 13.8. The molecule has 3 N–H and O–H groups in total. The van der Waals surface area contributed by atoms with Crippen molar-refractivity contribution in [2.24, 2.45) is 0 Å². The Morgan fingerprint density at radius 1 is 0.944 bits per heavy atom. The van der Waals surface area contributed by atoms with Crippen LogP contribution in [-0.2, 0) is 27.3 Å². The Morgan fingerprint density at radius 3 is 2.43 bits per heavy atom. The first-order valence-corrected chi connectivity index (χ1v) is 19.1. The fourth-order valence-corrected chi connectivity index (χ4v) is 8.03. The summed E-state index contributed by atoms with van der Waals surface area (Å²) in [5.74, 6) is -1.23. The summed E-state index contributed by atoms with van der Waals surface area (Å²) in [6.07, 6.45) is 1.74. The van der Waals surface area contributed by atoms with Gasteiger partial charge in [0.05, 0.1) is 17.4 Å². The van der Waals surface area contributed by atoms with E-state index in [-0.39, 0.29) is 11.6 Å². The lowest BCUT2D eigenvalue weighted by atomic mass is 10.0. The number of hydrogen-bond donors (Lipinski definition) is 3. The summed E-state index contributed by atoms with van der Waals surface area (Å²) in [5.41, 5.74) is 2.35. The summed E-state index contributed by atoms with van der Waals surface area (Å²) in [6, 6.07) is 31.6. The van der Waals surface area contributed by atoms with Crippen LogP contribution < -0.4 is 16.0 Å². The number of fused-ring (bicyclic) bond motifs is 2. The molecular weight excluding hydrogens is 719 g/mol. The van der Waals surface area contributed by atoms with Gasteiger partial charge in [0.15, 0.2) is 0 Å². The monoisotopic (exact) mass is 757 g/mol. The standard InChI is InChI=1S/C42H39N5O5S2/c1-26(37(48)46-40-34(24-43)33-20-21-47(25-36(33)54-40)41(51)52-42(2,3)4)53-31-18-11-17-30(23-31)44-39(50)35(45-38(49)28-13-6-5-7-14-28)22-29-16-10-15-27-12-8-9-19-32(27)29/h5-19,22-23,26H,20-21,25H2,1-4H3,(H,44,50)(H,45,49)(H,46,48)/b35-22+. The zero-order chi connectivity index (χ0) is 38.4. The lowest BCUT2D eigenvalue weighted by molar-refractivity contribution is -0.115. The van der Waals surface area contributed by atoms with Crippen molar-refractivity contribution >= 4 is 74.5 Å². The number of thioether (sulfide) groups is 1. The van der Waals surface area contributed by atoms with Crippen LogP contribution in [0.1, 0.15) is 59.6 Å². The topological polar surface area (TPSA) is 141 Å². The molecule has 0 fully saturated rings. The van der Waals surface area contributed by atoms with E-state index in [9.17, 15) is 24.4 Å². The van der Waals surface area contributed by atoms with Gasteiger partial charge in [-0.25, -0.2) is 4.79 Å². The van der Waals surface area contributed by atoms with Gasteiger partial charge >= 0.3 is 6.09 Å². The van der Waals surface area contributed by atoms with Crippen molar-refractivity contribution in [2.45, 2.75) is 56.4 Å². The van der Waals surface area contributed by atoms with E-state index in [1.165, 1.54) is 23.1 Å². The van der Waals surface area contributed by atoms with E-state index in [4.69, 9.17) is 4.74 Å². The van der Waals surface area contributed by atoms with Crippen molar-refractivity contribution in [3.63, 3.8) is 0 Å². The van der Waals surface area contributed by atoms with E-state index in [1.807, 2.05) is 75.4 Å². The van der Waals surface area contributed by atoms with Gasteiger partial charge in [0.25, 0.3) is 11.8 Å². The van der Waals surface area contributed by atoms with Gasteiger partial charge < -0.3 is 25.6 Å². The SMILES string of the molecule is CC(Sc1cccc(NC(=O)/C(=C\c2cccc3ccccc23)NC(=O)c2ccccc2)c1)C(=O)Nc1sc2c(c1C#N)CCN(C(=O)OC(C)(C)C)C2. The van der Waals surface area contributed by atoms with Crippen molar-refractivity contribution in [1.82, 2.24) is 10.2 Å². The summed E-state index contributed by atoms with van der Waals surface area (Å²) in [7, 11) is 0. The fourth-order valence-electron chi connectivity index (χ4n) is 5.88. The molecule has 0 saturated heterocycles. The predicted octanol–water partition coefficient (Wildman–Crippen LogP) is 8.60. The molecule has 12 heteroatoms. The molecule has 1 aromatic heterocycles. The first-order valence-electron chi connectivity index (χ1n) is 17.4. The Hall–Kier alpha value is -5.90. The first-order chi connectivity index (χ1) is 25.9. The molecule has 1 atom stereocenters. The number of thiophene rings is 1. The van der Waals surface area contributed by atoms with Gasteiger partial charge in [0.2, 0.25) is 5.91 Å². The zero-order valence-corrected chi connectivity index (χ0v) is 31.9. The van der Waals surface area contributed by atoms with Gasteiger partial charge in [-0.1, -0.05) is 66.7 Å². The van der Waals surface area contributed by atoms with Crippen molar-refractivity contribution in [3.05, 3.63) is 130 Å². The van der Waals surface area contributed by atoms with E-state index < -0.39 is 28.8 Å². The van der Waals surface area contributed by atoms with Crippen LogP contribution in [0.2, 0.25) is 0 Å². The summed E-state index contributed by atoms with van der Waals surface area (Å²) < 4.78 is 5.53. The second-order valence-electron chi connectivity index (χ2n) is 13.6. The van der Waals surface area contributed by atoms with Crippen LogP contribution in [0.3, 0.4) is 0 Å². The third kappa shape index (κ3) is 9.17. The number of anilines is 2. The average molecular weight is 758 g/mol. The molecule has 54 heavy (non-hydrogen) atoms. The van der Waals surface area contributed by atoms with Crippen molar-refractivity contribution in [2.75, 3.05) is 17.2 Å². The molecule has 274 valence electrons. The molecule has 2 heterocycles. The molecule has 1 aliphatic heterocycles. The Labute approximate surface area is 322 Å². The van der Waals surface area contributed by atoms with Crippen LogP contribution in [0.5, 0.6) is 0 Å². The average Bonchev–Trinajstić information content (AvgIpc) is 3.50. The zero-order valence-electron chi connectivity index (χ0n) is 30.3. The lowest BCUT2D eigenvalue weighted by Gasteiger charge is -2.29. The quantitative estimate of drug-likeness (QED) is 0.101.